The van der Waals surface area contributed by atoms with Crippen LogP contribution >= 0.6 is 11.6 Å². The minimum Gasteiger partial charge on any atom is -0.353 e. The second kappa shape index (κ2) is 5.66. The van der Waals surface area contributed by atoms with Crippen molar-refractivity contribution in [3.8, 4) is 6.07 Å². The standard InChI is InChI=1S/C11H15ClN4/c1-8(2)16(6-4-5-13)10-9(3)7-14-11(12)15-10/h7-8H,4,6H2,1-3H3. The summed E-state index contributed by atoms with van der Waals surface area (Å²) < 4.78 is 0. The Kier molecular flexibility index (Phi) is 4.51. The van der Waals surface area contributed by atoms with E-state index in [4.69, 9.17) is 16.9 Å². The normalized spacial score (nSPS) is 10.2. The molecule has 5 heteroatoms. The van der Waals surface area contributed by atoms with Gasteiger partial charge >= 0.3 is 0 Å². The van der Waals surface area contributed by atoms with Gasteiger partial charge < -0.3 is 4.90 Å². The monoisotopic (exact) mass is 238 g/mol. The fraction of sp³-hybridized carbons (Fsp3) is 0.545. The first kappa shape index (κ1) is 12.7. The van der Waals surface area contributed by atoms with Crippen molar-refractivity contribution < 1.29 is 0 Å². The Morgan fingerprint density at radius 1 is 1.56 bits per heavy atom. The van der Waals surface area contributed by atoms with Crippen LogP contribution in [0.5, 0.6) is 0 Å². The highest BCUT2D eigenvalue weighted by Gasteiger charge is 2.14. The predicted molar refractivity (Wildman–Crippen MR) is 64.5 cm³/mol. The molecule has 0 unspecified atom stereocenters. The summed E-state index contributed by atoms with van der Waals surface area (Å²) in [6.45, 7) is 6.72. The number of rotatable bonds is 4. The van der Waals surface area contributed by atoms with E-state index in [2.05, 4.69) is 34.8 Å². The fourth-order valence-electron chi connectivity index (χ4n) is 1.48. The highest BCUT2D eigenvalue weighted by atomic mass is 35.5. The molecule has 86 valence electrons. The highest BCUT2D eigenvalue weighted by molar-refractivity contribution is 6.28. The molecule has 0 amide bonds. The van der Waals surface area contributed by atoms with Gasteiger partial charge in [-0.25, -0.2) is 9.97 Å². The Morgan fingerprint density at radius 3 is 2.81 bits per heavy atom. The first-order valence-electron chi connectivity index (χ1n) is 5.19. The second-order valence-electron chi connectivity index (χ2n) is 3.84. The van der Waals surface area contributed by atoms with Gasteiger partial charge in [0, 0.05) is 24.3 Å². The van der Waals surface area contributed by atoms with Crippen LogP contribution in [0, 0.1) is 18.3 Å². The average Bonchev–Trinajstić information content (AvgIpc) is 2.23. The first-order chi connectivity index (χ1) is 7.56. The molecule has 0 saturated heterocycles. The van der Waals surface area contributed by atoms with Gasteiger partial charge in [0.15, 0.2) is 0 Å². The third-order valence-corrected chi connectivity index (χ3v) is 2.46. The van der Waals surface area contributed by atoms with Gasteiger partial charge in [0.1, 0.15) is 5.82 Å². The molecule has 16 heavy (non-hydrogen) atoms. The van der Waals surface area contributed by atoms with E-state index in [1.807, 2.05) is 6.92 Å². The molecule has 0 atom stereocenters. The fourth-order valence-corrected chi connectivity index (χ4v) is 1.61. The molecule has 4 nitrogen and oxygen atoms in total. The van der Waals surface area contributed by atoms with Gasteiger partial charge in [-0.15, -0.1) is 0 Å². The molecule has 0 aromatic carbocycles. The Morgan fingerprint density at radius 2 is 2.25 bits per heavy atom. The maximum Gasteiger partial charge on any atom is 0.224 e. The van der Waals surface area contributed by atoms with Gasteiger partial charge in [-0.2, -0.15) is 5.26 Å². The van der Waals surface area contributed by atoms with Gasteiger partial charge in [0.2, 0.25) is 5.28 Å². The molecule has 1 rings (SSSR count). The minimum atomic E-state index is 0.239. The number of hydrogen-bond acceptors (Lipinski definition) is 4. The molecular formula is C11H15ClN4. The molecule has 0 bridgehead atoms. The van der Waals surface area contributed by atoms with Crippen molar-refractivity contribution in [2.24, 2.45) is 0 Å². The Balaban J connectivity index is 3.01. The molecular weight excluding hydrogens is 224 g/mol. The zero-order chi connectivity index (χ0) is 12.1. The van der Waals surface area contributed by atoms with Crippen molar-refractivity contribution in [1.82, 2.24) is 9.97 Å². The lowest BCUT2D eigenvalue weighted by atomic mass is 10.2. The third kappa shape index (κ3) is 3.07. The smallest absolute Gasteiger partial charge is 0.224 e. The molecule has 0 saturated carbocycles. The number of nitrogens with zero attached hydrogens (tertiary/aromatic N) is 4. The SMILES string of the molecule is Cc1cnc(Cl)nc1N(CCC#N)C(C)C. The first-order valence-corrected chi connectivity index (χ1v) is 5.56. The summed E-state index contributed by atoms with van der Waals surface area (Å²) in [5.41, 5.74) is 0.969. The molecule has 0 N–H and O–H groups in total. The van der Waals surface area contributed by atoms with Crippen LogP contribution < -0.4 is 4.90 Å². The predicted octanol–water partition coefficient (Wildman–Crippen LogP) is 2.57. The summed E-state index contributed by atoms with van der Waals surface area (Å²) in [6, 6.07) is 2.41. The molecule has 1 aromatic heterocycles. The number of nitriles is 1. The summed E-state index contributed by atoms with van der Waals surface area (Å²) >= 11 is 5.79. The maximum atomic E-state index is 8.63. The summed E-state index contributed by atoms with van der Waals surface area (Å²) in [5, 5.41) is 8.87. The number of hydrogen-bond donors (Lipinski definition) is 0. The lowest BCUT2D eigenvalue weighted by Crippen LogP contribution is -2.33. The van der Waals surface area contributed by atoms with Crippen LogP contribution in [0.25, 0.3) is 0 Å². The minimum absolute atomic E-state index is 0.239. The number of aromatic nitrogens is 2. The van der Waals surface area contributed by atoms with Crippen LogP contribution in [0.15, 0.2) is 6.20 Å². The number of anilines is 1. The van der Waals surface area contributed by atoms with E-state index >= 15 is 0 Å². The van der Waals surface area contributed by atoms with E-state index < -0.39 is 0 Å². The Hall–Kier alpha value is -1.34. The van der Waals surface area contributed by atoms with E-state index in [1.165, 1.54) is 0 Å². The molecule has 1 heterocycles. The van der Waals surface area contributed by atoms with Crippen LogP contribution in [0.1, 0.15) is 25.8 Å². The van der Waals surface area contributed by atoms with Crippen LogP contribution in [-0.2, 0) is 0 Å². The molecule has 1 aromatic rings. The molecule has 0 fully saturated rings. The van der Waals surface area contributed by atoms with Crippen LogP contribution in [0.2, 0.25) is 5.28 Å². The summed E-state index contributed by atoms with van der Waals surface area (Å²) in [4.78, 5) is 10.2. The molecule has 0 radical (unpaired) electrons. The lowest BCUT2D eigenvalue weighted by Gasteiger charge is -2.28. The van der Waals surface area contributed by atoms with E-state index in [1.54, 1.807) is 6.20 Å². The topological polar surface area (TPSA) is 52.8 Å². The largest absolute Gasteiger partial charge is 0.353 e. The van der Waals surface area contributed by atoms with Gasteiger partial charge in [0.05, 0.1) is 12.5 Å². The van der Waals surface area contributed by atoms with Crippen molar-refractivity contribution in [3.05, 3.63) is 17.0 Å². The van der Waals surface area contributed by atoms with Gasteiger partial charge in [-0.05, 0) is 32.4 Å². The molecule has 0 aliphatic rings. The lowest BCUT2D eigenvalue weighted by molar-refractivity contribution is 0.673. The van der Waals surface area contributed by atoms with Crippen LogP contribution in [0.4, 0.5) is 5.82 Å². The summed E-state index contributed by atoms with van der Waals surface area (Å²) in [7, 11) is 0. The quantitative estimate of drug-likeness (QED) is 0.757. The van der Waals surface area contributed by atoms with Crippen molar-refractivity contribution in [2.75, 3.05) is 11.4 Å². The van der Waals surface area contributed by atoms with Gasteiger partial charge in [-0.3, -0.25) is 0 Å². The van der Waals surface area contributed by atoms with Crippen molar-refractivity contribution in [1.29, 1.82) is 5.26 Å². The summed E-state index contributed by atoms with van der Waals surface area (Å²) in [5.74, 6) is 0.810. The Bertz CT molecular complexity index is 397. The van der Waals surface area contributed by atoms with Crippen LogP contribution in [0.3, 0.4) is 0 Å². The second-order valence-corrected chi connectivity index (χ2v) is 4.18. The third-order valence-electron chi connectivity index (χ3n) is 2.28. The highest BCUT2D eigenvalue weighted by Crippen LogP contribution is 2.20. The molecule has 0 aliphatic carbocycles. The molecule has 0 aliphatic heterocycles. The van der Waals surface area contributed by atoms with Crippen molar-refractivity contribution >= 4 is 17.4 Å². The zero-order valence-corrected chi connectivity index (χ0v) is 10.5. The zero-order valence-electron chi connectivity index (χ0n) is 9.74. The van der Waals surface area contributed by atoms with E-state index in [9.17, 15) is 0 Å². The Labute approximate surface area is 101 Å². The van der Waals surface area contributed by atoms with Gasteiger partial charge in [-0.1, -0.05) is 0 Å². The number of halogens is 1. The van der Waals surface area contributed by atoms with E-state index in [-0.39, 0.29) is 11.3 Å². The van der Waals surface area contributed by atoms with Crippen molar-refractivity contribution in [2.45, 2.75) is 33.2 Å². The van der Waals surface area contributed by atoms with E-state index in [0.717, 1.165) is 11.4 Å². The summed E-state index contributed by atoms with van der Waals surface area (Å²) in [6.07, 6.45) is 2.17. The van der Waals surface area contributed by atoms with Crippen LogP contribution in [-0.4, -0.2) is 22.6 Å². The number of aryl methyl sites for hydroxylation is 1. The molecule has 0 spiro atoms. The van der Waals surface area contributed by atoms with E-state index in [0.29, 0.717) is 13.0 Å². The average molecular weight is 239 g/mol. The van der Waals surface area contributed by atoms with Crippen molar-refractivity contribution in [3.63, 3.8) is 0 Å². The van der Waals surface area contributed by atoms with Gasteiger partial charge in [0.25, 0.3) is 0 Å². The maximum absolute atomic E-state index is 8.63.